The summed E-state index contributed by atoms with van der Waals surface area (Å²) in [5, 5.41) is 3.37. The summed E-state index contributed by atoms with van der Waals surface area (Å²) >= 11 is 0. The molecule has 0 fully saturated rings. The number of ketones is 1. The fourth-order valence-electron chi connectivity index (χ4n) is 3.50. The van der Waals surface area contributed by atoms with Gasteiger partial charge in [0.2, 0.25) is 0 Å². The van der Waals surface area contributed by atoms with Crippen molar-refractivity contribution in [2.45, 2.75) is 31.7 Å². The van der Waals surface area contributed by atoms with E-state index in [2.05, 4.69) is 28.5 Å². The lowest BCUT2D eigenvalue weighted by atomic mass is 9.91. The van der Waals surface area contributed by atoms with Gasteiger partial charge < -0.3 is 5.32 Å². The van der Waals surface area contributed by atoms with Gasteiger partial charge in [0.1, 0.15) is 0 Å². The Morgan fingerprint density at radius 2 is 2.10 bits per heavy atom. The van der Waals surface area contributed by atoms with E-state index in [0.717, 1.165) is 43.6 Å². The molecule has 1 aliphatic heterocycles. The number of hydrogen-bond acceptors (Lipinski definition) is 3. The Kier molecular flexibility index (Phi) is 3.08. The van der Waals surface area contributed by atoms with E-state index in [0.29, 0.717) is 0 Å². The minimum atomic E-state index is -0.0594. The first-order valence-electron chi connectivity index (χ1n) is 7.63. The molecule has 1 aliphatic carbocycles. The molecule has 0 saturated carbocycles. The van der Waals surface area contributed by atoms with Gasteiger partial charge in [-0.05, 0) is 54.6 Å². The summed E-state index contributed by atoms with van der Waals surface area (Å²) in [6.45, 7) is 1.90. The van der Waals surface area contributed by atoms with Crippen molar-refractivity contribution in [1.82, 2.24) is 10.3 Å². The molecule has 2 aliphatic rings. The summed E-state index contributed by atoms with van der Waals surface area (Å²) in [6.07, 6.45) is 4.70. The van der Waals surface area contributed by atoms with Crippen LogP contribution in [0.1, 0.15) is 45.1 Å². The third kappa shape index (κ3) is 2.18. The lowest BCUT2D eigenvalue weighted by Gasteiger charge is -2.18. The normalized spacial score (nSPS) is 19.9. The molecule has 1 unspecified atom stereocenters. The van der Waals surface area contributed by atoms with Crippen molar-refractivity contribution in [1.29, 1.82) is 0 Å². The van der Waals surface area contributed by atoms with Crippen LogP contribution >= 0.6 is 0 Å². The van der Waals surface area contributed by atoms with Gasteiger partial charge >= 0.3 is 0 Å². The molecule has 106 valence electrons. The smallest absolute Gasteiger partial charge is 0.171 e. The second-order valence-electron chi connectivity index (χ2n) is 5.91. The van der Waals surface area contributed by atoms with Crippen LogP contribution in [-0.2, 0) is 19.4 Å². The van der Waals surface area contributed by atoms with Crippen LogP contribution in [0.5, 0.6) is 0 Å². The van der Waals surface area contributed by atoms with Crippen LogP contribution in [0.25, 0.3) is 0 Å². The summed E-state index contributed by atoms with van der Waals surface area (Å²) in [4.78, 5) is 17.3. The number of nitrogens with one attached hydrogen (secondary N) is 1. The highest BCUT2D eigenvalue weighted by molar-refractivity contribution is 6.01. The van der Waals surface area contributed by atoms with Gasteiger partial charge in [0.05, 0.1) is 11.6 Å². The highest BCUT2D eigenvalue weighted by Crippen LogP contribution is 2.34. The average molecular weight is 278 g/mol. The molecule has 0 amide bonds. The van der Waals surface area contributed by atoms with Crippen LogP contribution in [0.3, 0.4) is 0 Å². The highest BCUT2D eigenvalue weighted by atomic mass is 16.1. The van der Waals surface area contributed by atoms with Crippen molar-refractivity contribution in [3.05, 3.63) is 64.5 Å². The zero-order valence-electron chi connectivity index (χ0n) is 11.9. The molecule has 1 N–H and O–H groups in total. The lowest BCUT2D eigenvalue weighted by molar-refractivity contribution is 0.0958. The molecule has 0 radical (unpaired) electrons. The van der Waals surface area contributed by atoms with Crippen LogP contribution in [0, 0.1) is 0 Å². The largest absolute Gasteiger partial charge is 0.312 e. The quantitative estimate of drug-likeness (QED) is 0.859. The maximum atomic E-state index is 12.8. The van der Waals surface area contributed by atoms with E-state index in [-0.39, 0.29) is 11.7 Å². The van der Waals surface area contributed by atoms with Gasteiger partial charge in [0.15, 0.2) is 5.78 Å². The maximum Gasteiger partial charge on any atom is 0.171 e. The third-order valence-corrected chi connectivity index (χ3v) is 4.65. The van der Waals surface area contributed by atoms with Gasteiger partial charge in [0, 0.05) is 18.3 Å². The summed E-state index contributed by atoms with van der Waals surface area (Å²) < 4.78 is 0. The average Bonchev–Trinajstić information content (AvgIpc) is 2.98. The molecule has 2 aromatic rings. The van der Waals surface area contributed by atoms with Crippen molar-refractivity contribution < 1.29 is 4.79 Å². The number of carbonyl (C=O) groups excluding carboxylic acids is 1. The molecule has 1 atom stereocenters. The molecule has 21 heavy (non-hydrogen) atoms. The van der Waals surface area contributed by atoms with Gasteiger partial charge in [-0.2, -0.15) is 0 Å². The number of hydrogen-bond donors (Lipinski definition) is 1. The van der Waals surface area contributed by atoms with E-state index < -0.39 is 0 Å². The first-order chi connectivity index (χ1) is 10.3. The fraction of sp³-hybridized carbons (Fsp3) is 0.333. The van der Waals surface area contributed by atoms with Gasteiger partial charge in [-0.15, -0.1) is 0 Å². The number of benzene rings is 1. The summed E-state index contributed by atoms with van der Waals surface area (Å²) in [7, 11) is 0. The number of Topliss-reactive ketones (excluding diaryl/α,β-unsaturated/α-hetero) is 1. The van der Waals surface area contributed by atoms with Crippen molar-refractivity contribution in [2.75, 3.05) is 6.54 Å². The predicted octanol–water partition coefficient (Wildman–Crippen LogP) is 2.64. The van der Waals surface area contributed by atoms with Crippen molar-refractivity contribution in [3.8, 4) is 0 Å². The van der Waals surface area contributed by atoms with E-state index in [4.69, 9.17) is 0 Å². The summed E-state index contributed by atoms with van der Waals surface area (Å²) in [5.41, 5.74) is 5.69. The topological polar surface area (TPSA) is 42.0 Å². The Hall–Kier alpha value is -2.00. The standard InChI is InChI=1S/C18H18N2O/c21-18(16-6-5-13-2-1-8-20-17(13)16)14-4-3-12-7-9-19-11-15(12)10-14/h1-4,8,10,16,19H,5-7,9,11H2. The molecule has 1 aromatic carbocycles. The predicted molar refractivity (Wildman–Crippen MR) is 81.5 cm³/mol. The number of aromatic nitrogens is 1. The number of nitrogens with zero attached hydrogens (tertiary/aromatic N) is 1. The minimum Gasteiger partial charge on any atom is -0.312 e. The zero-order chi connectivity index (χ0) is 14.2. The Morgan fingerprint density at radius 1 is 1.14 bits per heavy atom. The first-order valence-corrected chi connectivity index (χ1v) is 7.63. The fourth-order valence-corrected chi connectivity index (χ4v) is 3.50. The number of fused-ring (bicyclic) bond motifs is 2. The van der Waals surface area contributed by atoms with Crippen LogP contribution in [-0.4, -0.2) is 17.3 Å². The molecule has 4 rings (SSSR count). The molecular formula is C18H18N2O. The number of aryl methyl sites for hydroxylation is 1. The van der Waals surface area contributed by atoms with Crippen molar-refractivity contribution in [2.24, 2.45) is 0 Å². The van der Waals surface area contributed by atoms with Crippen molar-refractivity contribution >= 4 is 5.78 Å². The van der Waals surface area contributed by atoms with E-state index >= 15 is 0 Å². The van der Waals surface area contributed by atoms with Gasteiger partial charge in [-0.25, -0.2) is 0 Å². The highest BCUT2D eigenvalue weighted by Gasteiger charge is 2.30. The molecule has 0 spiro atoms. The second-order valence-corrected chi connectivity index (χ2v) is 5.91. The van der Waals surface area contributed by atoms with Crippen LogP contribution < -0.4 is 5.32 Å². The van der Waals surface area contributed by atoms with E-state index in [1.807, 2.05) is 12.1 Å². The van der Waals surface area contributed by atoms with Crippen LogP contribution in [0.4, 0.5) is 0 Å². The Labute approximate surface area is 124 Å². The molecule has 1 aromatic heterocycles. The number of pyridine rings is 1. The maximum absolute atomic E-state index is 12.8. The Balaban J connectivity index is 1.67. The summed E-state index contributed by atoms with van der Waals surface area (Å²) in [6, 6.07) is 10.2. The van der Waals surface area contributed by atoms with Crippen molar-refractivity contribution in [3.63, 3.8) is 0 Å². The third-order valence-electron chi connectivity index (χ3n) is 4.65. The molecule has 0 bridgehead atoms. The van der Waals surface area contributed by atoms with Gasteiger partial charge in [0.25, 0.3) is 0 Å². The van der Waals surface area contributed by atoms with E-state index in [1.165, 1.54) is 16.7 Å². The number of rotatable bonds is 2. The molecule has 2 heterocycles. The van der Waals surface area contributed by atoms with E-state index in [1.54, 1.807) is 6.20 Å². The summed E-state index contributed by atoms with van der Waals surface area (Å²) in [5.74, 6) is 0.164. The monoisotopic (exact) mass is 278 g/mol. The lowest BCUT2D eigenvalue weighted by Crippen LogP contribution is -2.24. The van der Waals surface area contributed by atoms with Crippen LogP contribution in [0.15, 0.2) is 36.5 Å². The Bertz CT molecular complexity index is 708. The molecule has 3 nitrogen and oxygen atoms in total. The first kappa shape index (κ1) is 12.7. The van der Waals surface area contributed by atoms with E-state index in [9.17, 15) is 4.79 Å². The van der Waals surface area contributed by atoms with Gasteiger partial charge in [-0.1, -0.05) is 18.2 Å². The van der Waals surface area contributed by atoms with Crippen LogP contribution in [0.2, 0.25) is 0 Å². The minimum absolute atomic E-state index is 0.0594. The molecular weight excluding hydrogens is 260 g/mol. The number of carbonyl (C=O) groups is 1. The Morgan fingerprint density at radius 3 is 3.05 bits per heavy atom. The zero-order valence-corrected chi connectivity index (χ0v) is 11.9. The molecule has 3 heteroatoms. The van der Waals surface area contributed by atoms with Gasteiger partial charge in [-0.3, -0.25) is 9.78 Å². The SMILES string of the molecule is O=C(c1ccc2c(c1)CNCC2)C1CCc2cccnc21. The second kappa shape index (κ2) is 5.08. The molecule has 0 saturated heterocycles.